The average molecular weight is 539 g/mol. The summed E-state index contributed by atoms with van der Waals surface area (Å²) in [6.07, 6.45) is 7.88. The topological polar surface area (TPSA) is 112 Å². The van der Waals surface area contributed by atoms with Crippen LogP contribution in [0.5, 0.6) is 0 Å². The number of aromatic nitrogens is 3. The lowest BCUT2D eigenvalue weighted by Gasteiger charge is -2.41. The predicted octanol–water partition coefficient (Wildman–Crippen LogP) is 4.11. The van der Waals surface area contributed by atoms with Crippen molar-refractivity contribution in [3.63, 3.8) is 0 Å². The van der Waals surface area contributed by atoms with E-state index in [1.165, 1.54) is 0 Å². The number of hydrogen-bond donors (Lipinski definition) is 3. The molecular formula is C31H34N6O3. The molecule has 9 heteroatoms. The van der Waals surface area contributed by atoms with E-state index in [4.69, 9.17) is 0 Å². The number of aliphatic carboxylic acids is 1. The zero-order valence-corrected chi connectivity index (χ0v) is 22.7. The van der Waals surface area contributed by atoms with Gasteiger partial charge in [0.1, 0.15) is 11.9 Å². The minimum atomic E-state index is -1.06. The number of pyridine rings is 1. The first-order chi connectivity index (χ1) is 19.4. The van der Waals surface area contributed by atoms with Gasteiger partial charge in [-0.05, 0) is 66.4 Å². The van der Waals surface area contributed by atoms with E-state index in [9.17, 15) is 14.7 Å². The van der Waals surface area contributed by atoms with E-state index in [-0.39, 0.29) is 12.3 Å². The van der Waals surface area contributed by atoms with E-state index in [2.05, 4.69) is 25.5 Å². The minimum Gasteiger partial charge on any atom is -0.480 e. The molecule has 2 aromatic heterocycles. The Labute approximate surface area is 233 Å². The fourth-order valence-electron chi connectivity index (χ4n) is 5.14. The van der Waals surface area contributed by atoms with Gasteiger partial charge in [0.05, 0.1) is 6.33 Å². The number of carboxylic acids is 1. The summed E-state index contributed by atoms with van der Waals surface area (Å²) in [5.41, 5.74) is 5.05. The first-order valence-electron chi connectivity index (χ1n) is 13.6. The number of aryl methyl sites for hydroxylation is 2. The lowest BCUT2D eigenvalue weighted by atomic mass is 9.97. The molecule has 0 bridgehead atoms. The Kier molecular flexibility index (Phi) is 8.10. The van der Waals surface area contributed by atoms with Gasteiger partial charge in [-0.3, -0.25) is 4.79 Å². The van der Waals surface area contributed by atoms with E-state index < -0.39 is 12.0 Å². The molecule has 0 saturated carbocycles. The highest BCUT2D eigenvalue weighted by Crippen LogP contribution is 2.26. The second-order valence-corrected chi connectivity index (χ2v) is 10.2. The molecule has 0 radical (unpaired) electrons. The fraction of sp³-hybridized carbons (Fsp3) is 0.290. The second kappa shape index (κ2) is 12.0. The van der Waals surface area contributed by atoms with Crippen LogP contribution in [0.4, 0.5) is 11.5 Å². The van der Waals surface area contributed by atoms with Gasteiger partial charge >= 0.3 is 5.97 Å². The maximum atomic E-state index is 13.3. The number of anilines is 2. The summed E-state index contributed by atoms with van der Waals surface area (Å²) in [5, 5.41) is 16.0. The molecule has 1 aliphatic heterocycles. The maximum absolute atomic E-state index is 13.3. The second-order valence-electron chi connectivity index (χ2n) is 10.2. The Morgan fingerprint density at radius 1 is 1.07 bits per heavy atom. The van der Waals surface area contributed by atoms with Crippen LogP contribution in [-0.4, -0.2) is 57.2 Å². The van der Waals surface area contributed by atoms with Crippen molar-refractivity contribution >= 4 is 23.4 Å². The lowest BCUT2D eigenvalue weighted by molar-refractivity contribution is -0.139. The number of nitrogens with zero attached hydrogens (tertiary/aromatic N) is 4. The highest BCUT2D eigenvalue weighted by atomic mass is 16.4. The fourth-order valence-corrected chi connectivity index (χ4v) is 5.14. The van der Waals surface area contributed by atoms with Crippen molar-refractivity contribution in [1.82, 2.24) is 19.9 Å². The van der Waals surface area contributed by atoms with Crippen LogP contribution in [0.25, 0.3) is 5.69 Å². The van der Waals surface area contributed by atoms with Crippen LogP contribution in [-0.2, 0) is 17.6 Å². The molecule has 0 spiro atoms. The Morgan fingerprint density at radius 3 is 2.52 bits per heavy atom. The van der Waals surface area contributed by atoms with Gasteiger partial charge in [-0.15, -0.1) is 0 Å². The molecule has 0 aliphatic carbocycles. The van der Waals surface area contributed by atoms with E-state index in [0.29, 0.717) is 17.9 Å². The minimum absolute atomic E-state index is 0.200. The molecule has 3 N–H and O–H groups in total. The van der Waals surface area contributed by atoms with Gasteiger partial charge in [-0.2, -0.15) is 0 Å². The van der Waals surface area contributed by atoms with E-state index in [1.54, 1.807) is 18.7 Å². The summed E-state index contributed by atoms with van der Waals surface area (Å²) < 4.78 is 1.89. The highest BCUT2D eigenvalue weighted by Gasteiger charge is 2.27. The molecule has 206 valence electrons. The van der Waals surface area contributed by atoms with Gasteiger partial charge in [0.2, 0.25) is 0 Å². The monoisotopic (exact) mass is 538 g/mol. The Balaban J connectivity index is 1.19. The van der Waals surface area contributed by atoms with Crippen LogP contribution in [0, 0.1) is 12.8 Å². The number of carbonyl (C=O) groups is 2. The zero-order chi connectivity index (χ0) is 28.1. The van der Waals surface area contributed by atoms with Gasteiger partial charge < -0.3 is 25.2 Å². The van der Waals surface area contributed by atoms with Gasteiger partial charge in [0.25, 0.3) is 5.91 Å². The Bertz CT molecular complexity index is 1450. The number of rotatable bonds is 11. The van der Waals surface area contributed by atoms with Gasteiger partial charge in [0.15, 0.2) is 0 Å². The molecular weight excluding hydrogens is 504 g/mol. The molecule has 40 heavy (non-hydrogen) atoms. The van der Waals surface area contributed by atoms with Gasteiger partial charge in [-0.1, -0.05) is 25.1 Å². The van der Waals surface area contributed by atoms with E-state index >= 15 is 0 Å². The Hall–Kier alpha value is -4.66. The highest BCUT2D eigenvalue weighted by molar-refractivity contribution is 5.99. The van der Waals surface area contributed by atoms with Crippen molar-refractivity contribution in [2.45, 2.75) is 32.7 Å². The normalized spacial score (nSPS) is 13.9. The van der Waals surface area contributed by atoms with Crippen LogP contribution < -0.4 is 15.5 Å². The summed E-state index contributed by atoms with van der Waals surface area (Å²) in [7, 11) is 0. The number of imidazole rings is 1. The molecule has 9 nitrogen and oxygen atoms in total. The molecule has 1 amide bonds. The van der Waals surface area contributed by atoms with Gasteiger partial charge in [-0.25, -0.2) is 14.8 Å². The van der Waals surface area contributed by atoms with Crippen molar-refractivity contribution in [2.75, 3.05) is 29.9 Å². The van der Waals surface area contributed by atoms with Crippen LogP contribution in [0.3, 0.4) is 0 Å². The van der Waals surface area contributed by atoms with Crippen molar-refractivity contribution in [3.05, 3.63) is 102 Å². The molecule has 1 atom stereocenters. The summed E-state index contributed by atoms with van der Waals surface area (Å²) >= 11 is 0. The number of carbonyl (C=O) groups excluding carboxylic acids is 1. The molecule has 1 unspecified atom stereocenters. The number of carboxylic acid groups (broad SMARTS) is 1. The number of hydrogen-bond acceptors (Lipinski definition) is 6. The third-order valence-electron chi connectivity index (χ3n) is 7.35. The maximum Gasteiger partial charge on any atom is 0.326 e. The molecule has 1 aliphatic rings. The zero-order valence-electron chi connectivity index (χ0n) is 22.7. The Morgan fingerprint density at radius 2 is 1.88 bits per heavy atom. The van der Waals surface area contributed by atoms with Crippen molar-refractivity contribution in [1.29, 1.82) is 0 Å². The van der Waals surface area contributed by atoms with Gasteiger partial charge in [0, 0.05) is 67.5 Å². The third-order valence-corrected chi connectivity index (χ3v) is 7.35. The number of benzene rings is 2. The van der Waals surface area contributed by atoms with Crippen LogP contribution >= 0.6 is 0 Å². The molecule has 3 heterocycles. The van der Waals surface area contributed by atoms with Crippen LogP contribution in [0.15, 0.2) is 79.5 Å². The van der Waals surface area contributed by atoms with E-state index in [0.717, 1.165) is 53.5 Å². The summed E-state index contributed by atoms with van der Waals surface area (Å²) in [6, 6.07) is 16.6. The van der Waals surface area contributed by atoms with Crippen molar-refractivity contribution in [3.8, 4) is 5.69 Å². The molecule has 4 aromatic rings. The summed E-state index contributed by atoms with van der Waals surface area (Å²) in [4.78, 5) is 36.1. The van der Waals surface area contributed by atoms with Crippen molar-refractivity contribution in [2.24, 2.45) is 5.92 Å². The number of nitrogens with one attached hydrogen (secondary N) is 2. The lowest BCUT2D eigenvalue weighted by Crippen LogP contribution is -2.49. The smallest absolute Gasteiger partial charge is 0.326 e. The number of amides is 1. The molecule has 2 aromatic carbocycles. The SMILES string of the molecule is CCc1cc(-n2ccnc2)cc(C)c1C(=O)NC(Cc1ccc(N2CC(CNc3ccccn3)C2)cc1)C(=O)O. The summed E-state index contributed by atoms with van der Waals surface area (Å²) in [6.45, 7) is 6.63. The standard InChI is InChI=1S/C31H34N6O3/c1-3-24-16-26(36-13-12-32-20-36)14-21(2)29(24)30(38)35-27(31(39)40)15-22-7-9-25(10-8-22)37-18-23(19-37)17-34-28-6-4-5-11-33-28/h4-14,16,20,23,27H,3,15,17-19H2,1-2H3,(H,33,34)(H,35,38)(H,39,40). The largest absolute Gasteiger partial charge is 0.480 e. The first kappa shape index (κ1) is 26.9. The van der Waals surface area contributed by atoms with Crippen molar-refractivity contribution < 1.29 is 14.7 Å². The molecule has 1 saturated heterocycles. The molecule has 5 rings (SSSR count). The van der Waals surface area contributed by atoms with Crippen LogP contribution in [0.2, 0.25) is 0 Å². The summed E-state index contributed by atoms with van der Waals surface area (Å²) in [5.74, 6) is -0.00707. The average Bonchev–Trinajstić information content (AvgIpc) is 3.48. The third kappa shape index (κ3) is 6.14. The van der Waals surface area contributed by atoms with Crippen LogP contribution in [0.1, 0.15) is 34.0 Å². The quantitative estimate of drug-likeness (QED) is 0.263. The molecule has 1 fully saturated rings. The first-order valence-corrected chi connectivity index (χ1v) is 13.6. The van der Waals surface area contributed by atoms with E-state index in [1.807, 2.05) is 79.2 Å². The predicted molar refractivity (Wildman–Crippen MR) is 155 cm³/mol.